The molecular formula is C22H24N6O. The zero-order valence-electron chi connectivity index (χ0n) is 16.5. The molecule has 4 N–H and O–H groups in total. The number of aryl methyl sites for hydroxylation is 1. The lowest BCUT2D eigenvalue weighted by atomic mass is 10.0. The number of rotatable bonds is 5. The molecule has 0 aliphatic carbocycles. The first-order valence-corrected chi connectivity index (χ1v) is 9.65. The Hall–Kier alpha value is -3.45. The van der Waals surface area contributed by atoms with E-state index >= 15 is 0 Å². The van der Waals surface area contributed by atoms with Gasteiger partial charge in [-0.15, -0.1) is 0 Å². The van der Waals surface area contributed by atoms with Gasteiger partial charge in [-0.1, -0.05) is 18.2 Å². The van der Waals surface area contributed by atoms with Crippen molar-refractivity contribution >= 4 is 29.0 Å². The molecule has 2 aromatic carbocycles. The van der Waals surface area contributed by atoms with E-state index in [9.17, 15) is 4.79 Å². The summed E-state index contributed by atoms with van der Waals surface area (Å²) in [5, 5.41) is 12.6. The number of para-hydroxylation sites is 1. The van der Waals surface area contributed by atoms with Crippen molar-refractivity contribution in [3.63, 3.8) is 0 Å². The van der Waals surface area contributed by atoms with Crippen LogP contribution in [0.4, 0.5) is 23.1 Å². The largest absolute Gasteiger partial charge is 0.355 e. The first-order chi connectivity index (χ1) is 14.1. The van der Waals surface area contributed by atoms with Crippen LogP contribution in [0.15, 0.2) is 48.7 Å². The fourth-order valence-electron chi connectivity index (χ4n) is 3.37. The second-order valence-electron chi connectivity index (χ2n) is 7.01. The van der Waals surface area contributed by atoms with Crippen LogP contribution in [0, 0.1) is 6.92 Å². The highest BCUT2D eigenvalue weighted by atomic mass is 16.1. The summed E-state index contributed by atoms with van der Waals surface area (Å²) in [5.74, 6) is 1.01. The molecule has 29 heavy (non-hydrogen) atoms. The summed E-state index contributed by atoms with van der Waals surface area (Å²) < 4.78 is 0. The Kier molecular flexibility index (Phi) is 5.39. The summed E-state index contributed by atoms with van der Waals surface area (Å²) in [6, 6.07) is 13.7. The number of hydrogen-bond donors (Lipinski definition) is 4. The van der Waals surface area contributed by atoms with Gasteiger partial charge < -0.3 is 21.3 Å². The summed E-state index contributed by atoms with van der Waals surface area (Å²) in [4.78, 5) is 21.2. The molecule has 7 nitrogen and oxygen atoms in total. The lowest BCUT2D eigenvalue weighted by molar-refractivity contribution is 0.0964. The van der Waals surface area contributed by atoms with Gasteiger partial charge >= 0.3 is 0 Å². The summed E-state index contributed by atoms with van der Waals surface area (Å²) in [6.07, 6.45) is 2.78. The quantitative estimate of drug-likeness (QED) is 0.536. The number of hydrogen-bond acceptors (Lipinski definition) is 6. The molecule has 3 aromatic rings. The first-order valence-electron chi connectivity index (χ1n) is 9.65. The number of anilines is 4. The van der Waals surface area contributed by atoms with Crippen molar-refractivity contribution in [1.29, 1.82) is 0 Å². The van der Waals surface area contributed by atoms with Crippen molar-refractivity contribution < 1.29 is 4.79 Å². The van der Waals surface area contributed by atoms with Crippen LogP contribution in [-0.4, -0.2) is 29.5 Å². The van der Waals surface area contributed by atoms with E-state index in [4.69, 9.17) is 0 Å². The summed E-state index contributed by atoms with van der Waals surface area (Å²) in [5.41, 5.74) is 5.79. The van der Waals surface area contributed by atoms with Gasteiger partial charge in [-0.05, 0) is 55.3 Å². The third-order valence-electron chi connectivity index (χ3n) is 4.97. The number of carbonyl (C=O) groups is 1. The van der Waals surface area contributed by atoms with Gasteiger partial charge in [-0.25, -0.2) is 4.98 Å². The molecule has 0 bridgehead atoms. The summed E-state index contributed by atoms with van der Waals surface area (Å²) in [7, 11) is 1.62. The predicted molar refractivity (Wildman–Crippen MR) is 115 cm³/mol. The van der Waals surface area contributed by atoms with E-state index < -0.39 is 0 Å². The Morgan fingerprint density at radius 3 is 2.83 bits per heavy atom. The molecule has 0 radical (unpaired) electrons. The van der Waals surface area contributed by atoms with Gasteiger partial charge in [-0.3, -0.25) is 4.79 Å². The van der Waals surface area contributed by atoms with Crippen LogP contribution in [0.2, 0.25) is 0 Å². The number of amides is 1. The third-order valence-corrected chi connectivity index (χ3v) is 4.97. The Morgan fingerprint density at radius 1 is 1.10 bits per heavy atom. The van der Waals surface area contributed by atoms with E-state index in [2.05, 4.69) is 43.4 Å². The Morgan fingerprint density at radius 2 is 1.97 bits per heavy atom. The number of benzene rings is 2. The second kappa shape index (κ2) is 8.28. The number of nitrogens with one attached hydrogen (secondary N) is 4. The van der Waals surface area contributed by atoms with Gasteiger partial charge in [0.05, 0.1) is 11.3 Å². The normalized spacial score (nSPS) is 12.8. The molecule has 148 valence electrons. The minimum absolute atomic E-state index is 0.151. The molecule has 1 amide bonds. The molecule has 1 aliphatic rings. The van der Waals surface area contributed by atoms with Crippen molar-refractivity contribution in [2.24, 2.45) is 0 Å². The first kappa shape index (κ1) is 18.9. The zero-order valence-corrected chi connectivity index (χ0v) is 16.5. The topological polar surface area (TPSA) is 91.0 Å². The van der Waals surface area contributed by atoms with Gasteiger partial charge in [0.1, 0.15) is 5.82 Å². The van der Waals surface area contributed by atoms with Gasteiger partial charge in [0, 0.05) is 31.0 Å². The Labute approximate surface area is 170 Å². The maximum atomic E-state index is 12.1. The molecule has 0 atom stereocenters. The highest BCUT2D eigenvalue weighted by molar-refractivity contribution is 6.00. The number of nitrogens with zero attached hydrogens (tertiary/aromatic N) is 2. The lowest BCUT2D eigenvalue weighted by Crippen LogP contribution is -2.23. The second-order valence-corrected chi connectivity index (χ2v) is 7.01. The molecule has 0 saturated carbocycles. The highest BCUT2D eigenvalue weighted by Crippen LogP contribution is 2.25. The van der Waals surface area contributed by atoms with Gasteiger partial charge in [-0.2, -0.15) is 4.98 Å². The molecule has 1 aliphatic heterocycles. The molecular weight excluding hydrogens is 364 g/mol. The van der Waals surface area contributed by atoms with E-state index in [0.29, 0.717) is 23.0 Å². The van der Waals surface area contributed by atoms with Gasteiger partial charge in [0.15, 0.2) is 0 Å². The van der Waals surface area contributed by atoms with Crippen LogP contribution >= 0.6 is 0 Å². The van der Waals surface area contributed by atoms with Gasteiger partial charge in [0.25, 0.3) is 5.91 Å². The molecule has 4 rings (SSSR count). The minimum atomic E-state index is -0.151. The van der Waals surface area contributed by atoms with E-state index in [1.54, 1.807) is 19.3 Å². The van der Waals surface area contributed by atoms with E-state index in [0.717, 1.165) is 30.8 Å². The molecule has 0 saturated heterocycles. The lowest BCUT2D eigenvalue weighted by Gasteiger charge is -2.18. The van der Waals surface area contributed by atoms with E-state index in [-0.39, 0.29) is 5.91 Å². The van der Waals surface area contributed by atoms with Gasteiger partial charge in [0.2, 0.25) is 5.95 Å². The maximum absolute atomic E-state index is 12.1. The van der Waals surface area contributed by atoms with Crippen LogP contribution in [0.3, 0.4) is 0 Å². The average Bonchev–Trinajstić information content (AvgIpc) is 2.76. The zero-order chi connectivity index (χ0) is 20.2. The molecule has 7 heteroatoms. The van der Waals surface area contributed by atoms with Crippen molar-refractivity contribution in [3.8, 4) is 0 Å². The van der Waals surface area contributed by atoms with Crippen LogP contribution in [-0.2, 0) is 13.0 Å². The molecule has 2 heterocycles. The predicted octanol–water partition coefficient (Wildman–Crippen LogP) is 3.28. The van der Waals surface area contributed by atoms with Crippen molar-refractivity contribution in [2.75, 3.05) is 24.2 Å². The van der Waals surface area contributed by atoms with E-state index in [1.807, 2.05) is 31.2 Å². The van der Waals surface area contributed by atoms with Crippen LogP contribution in [0.1, 0.15) is 27.0 Å². The SMILES string of the molecule is CNC(=O)c1ccccc1Nc1nc(Nc2ccc3c(c2)CCNC3)ncc1C. The van der Waals surface area contributed by atoms with Crippen LogP contribution < -0.4 is 21.3 Å². The van der Waals surface area contributed by atoms with E-state index in [1.165, 1.54) is 11.1 Å². The minimum Gasteiger partial charge on any atom is -0.355 e. The van der Waals surface area contributed by atoms with Crippen LogP contribution in [0.25, 0.3) is 0 Å². The highest BCUT2D eigenvalue weighted by Gasteiger charge is 2.13. The Bertz CT molecular complexity index is 1050. The monoisotopic (exact) mass is 388 g/mol. The fraction of sp³-hybridized carbons (Fsp3) is 0.227. The third kappa shape index (κ3) is 4.20. The molecule has 1 aromatic heterocycles. The fourth-order valence-corrected chi connectivity index (χ4v) is 3.37. The summed E-state index contributed by atoms with van der Waals surface area (Å²) in [6.45, 7) is 3.84. The molecule has 0 spiro atoms. The van der Waals surface area contributed by atoms with Crippen molar-refractivity contribution in [2.45, 2.75) is 19.9 Å². The maximum Gasteiger partial charge on any atom is 0.253 e. The molecule has 0 unspecified atom stereocenters. The van der Waals surface area contributed by atoms with Crippen molar-refractivity contribution in [1.82, 2.24) is 20.6 Å². The standard InChI is InChI=1S/C22H24N6O/c1-14-12-25-22(26-17-8-7-16-13-24-10-9-15(16)11-17)28-20(14)27-19-6-4-3-5-18(19)21(29)23-2/h3-8,11-12,24H,9-10,13H2,1-2H3,(H,23,29)(H2,25,26,27,28). The number of carbonyl (C=O) groups excluding carboxylic acids is 1. The Balaban J connectivity index is 1.58. The number of aromatic nitrogens is 2. The smallest absolute Gasteiger partial charge is 0.253 e. The summed E-state index contributed by atoms with van der Waals surface area (Å²) >= 11 is 0. The average molecular weight is 388 g/mol. The van der Waals surface area contributed by atoms with Crippen molar-refractivity contribution in [3.05, 3.63) is 70.9 Å². The number of fused-ring (bicyclic) bond motifs is 1. The molecule has 0 fully saturated rings. The van der Waals surface area contributed by atoms with Crippen LogP contribution in [0.5, 0.6) is 0 Å².